The second kappa shape index (κ2) is 9.29. The minimum absolute atomic E-state index is 0.0429. The fourth-order valence-corrected chi connectivity index (χ4v) is 5.64. The van der Waals surface area contributed by atoms with Gasteiger partial charge in [-0.25, -0.2) is 0 Å². The van der Waals surface area contributed by atoms with Gasteiger partial charge in [0.25, 0.3) is 0 Å². The normalized spacial score (nSPS) is 11.1. The number of nitrogens with one attached hydrogen (secondary N) is 1. The second-order valence-corrected chi connectivity index (χ2v) is 9.05. The van der Waals surface area contributed by atoms with Crippen LogP contribution < -0.4 is 14.6 Å². The zero-order valence-corrected chi connectivity index (χ0v) is 17.9. The Bertz CT molecular complexity index is 998. The summed E-state index contributed by atoms with van der Waals surface area (Å²) in [6, 6.07) is 20.2. The number of hydrogen-bond donors (Lipinski definition) is 1. The molecule has 0 aliphatic carbocycles. The van der Waals surface area contributed by atoms with E-state index in [2.05, 4.69) is 17.1 Å². The molecule has 140 valence electrons. The summed E-state index contributed by atoms with van der Waals surface area (Å²) in [5, 5.41) is 0. The molecule has 0 saturated carbocycles. The maximum atomic E-state index is 12.6. The van der Waals surface area contributed by atoms with Crippen molar-refractivity contribution in [2.45, 2.75) is 33.1 Å². The Kier molecular flexibility index (Phi) is 6.80. The summed E-state index contributed by atoms with van der Waals surface area (Å²) < 4.78 is 10.4. The Balaban J connectivity index is 1.94. The van der Waals surface area contributed by atoms with Crippen molar-refractivity contribution >= 4 is 36.2 Å². The molecule has 27 heavy (non-hydrogen) atoms. The predicted octanol–water partition coefficient (Wildman–Crippen LogP) is 2.86. The molecule has 1 aromatic heterocycles. The van der Waals surface area contributed by atoms with Gasteiger partial charge >= 0.3 is 171 Å². The van der Waals surface area contributed by atoms with Crippen LogP contribution in [0.3, 0.4) is 0 Å². The monoisotopic (exact) mass is 446 g/mol. The van der Waals surface area contributed by atoms with Gasteiger partial charge in [-0.1, -0.05) is 0 Å². The van der Waals surface area contributed by atoms with Gasteiger partial charge < -0.3 is 0 Å². The van der Waals surface area contributed by atoms with Gasteiger partial charge in [-0.2, -0.15) is 0 Å². The Hall–Kier alpha value is -1.98. The van der Waals surface area contributed by atoms with Gasteiger partial charge in [0, 0.05) is 0 Å². The minimum atomic E-state index is -0.0953. The summed E-state index contributed by atoms with van der Waals surface area (Å²) >= 11 is 5.41. The van der Waals surface area contributed by atoms with Crippen LogP contribution in [-0.2, 0) is 18.1 Å². The van der Waals surface area contributed by atoms with Crippen molar-refractivity contribution in [3.63, 3.8) is 0 Å². The van der Waals surface area contributed by atoms with E-state index < -0.39 is 0 Å². The van der Waals surface area contributed by atoms with Crippen molar-refractivity contribution in [1.82, 2.24) is 9.55 Å². The van der Waals surface area contributed by atoms with Crippen molar-refractivity contribution < 1.29 is 4.74 Å². The molecule has 0 atom stereocenters. The zero-order chi connectivity index (χ0) is 19.2. The van der Waals surface area contributed by atoms with Gasteiger partial charge in [0.05, 0.1) is 0 Å². The van der Waals surface area contributed by atoms with Gasteiger partial charge in [-0.3, -0.25) is 0 Å². The Morgan fingerprint density at radius 3 is 2.33 bits per heavy atom. The first-order chi connectivity index (χ1) is 13.1. The molecule has 0 radical (unpaired) electrons. The number of rotatable bonds is 7. The molecular formula is C21H22N2O2SSe. The third kappa shape index (κ3) is 5.05. The first-order valence-electron chi connectivity index (χ1n) is 8.78. The number of nitrogens with zero attached hydrogens (tertiary/aromatic N) is 1. The van der Waals surface area contributed by atoms with E-state index in [-0.39, 0.29) is 26.4 Å². The van der Waals surface area contributed by atoms with Gasteiger partial charge in [-0.15, -0.1) is 0 Å². The van der Waals surface area contributed by atoms with Crippen molar-refractivity contribution in [2.24, 2.45) is 0 Å². The number of H-pyrrole nitrogens is 1. The van der Waals surface area contributed by atoms with Crippen molar-refractivity contribution in [1.29, 1.82) is 0 Å². The van der Waals surface area contributed by atoms with Gasteiger partial charge in [-0.05, 0) is 0 Å². The van der Waals surface area contributed by atoms with Crippen LogP contribution in [0.4, 0.5) is 0 Å². The number of aromatic nitrogens is 2. The first kappa shape index (κ1) is 19.8. The van der Waals surface area contributed by atoms with E-state index in [1.54, 1.807) is 0 Å². The second-order valence-electron chi connectivity index (χ2n) is 6.44. The molecule has 3 aromatic rings. The van der Waals surface area contributed by atoms with E-state index in [0.29, 0.717) is 18.1 Å². The van der Waals surface area contributed by atoms with Crippen LogP contribution in [0, 0.1) is 4.77 Å². The molecule has 1 heterocycles. The van der Waals surface area contributed by atoms with Crippen LogP contribution >= 0.6 is 12.2 Å². The third-order valence-corrected chi connectivity index (χ3v) is 6.77. The van der Waals surface area contributed by atoms with Crippen LogP contribution in [0.5, 0.6) is 0 Å². The Morgan fingerprint density at radius 2 is 1.70 bits per heavy atom. The Morgan fingerprint density at radius 1 is 1.07 bits per heavy atom. The molecule has 6 heteroatoms. The van der Waals surface area contributed by atoms with Crippen LogP contribution in [0.15, 0.2) is 65.5 Å². The quantitative estimate of drug-likeness (QED) is 0.450. The summed E-state index contributed by atoms with van der Waals surface area (Å²) in [6.07, 6.45) is 0. The summed E-state index contributed by atoms with van der Waals surface area (Å²) in [5.41, 5.74) is 1.80. The van der Waals surface area contributed by atoms with Crippen LogP contribution in [-0.4, -0.2) is 24.5 Å². The molecule has 0 bridgehead atoms. The number of ether oxygens (including phenoxy) is 1. The zero-order valence-electron chi connectivity index (χ0n) is 15.3. The van der Waals surface area contributed by atoms with Crippen LogP contribution in [0.2, 0.25) is 0 Å². The van der Waals surface area contributed by atoms with E-state index in [9.17, 15) is 4.79 Å². The molecule has 0 amide bonds. The summed E-state index contributed by atoms with van der Waals surface area (Å²) in [4.78, 5) is 15.4. The molecule has 0 aliphatic rings. The molecule has 1 N–H and O–H groups in total. The van der Waals surface area contributed by atoms with E-state index >= 15 is 0 Å². The van der Waals surface area contributed by atoms with Crippen molar-refractivity contribution in [3.8, 4) is 0 Å². The third-order valence-electron chi connectivity index (χ3n) is 4.05. The van der Waals surface area contributed by atoms with E-state index in [4.69, 9.17) is 17.0 Å². The average molecular weight is 445 g/mol. The molecule has 0 fully saturated rings. The summed E-state index contributed by atoms with van der Waals surface area (Å²) in [7, 11) is 0. The van der Waals surface area contributed by atoms with Crippen LogP contribution in [0.1, 0.15) is 30.9 Å². The summed E-state index contributed by atoms with van der Waals surface area (Å²) in [5.74, 6) is 0.102. The maximum absolute atomic E-state index is 12.6. The molecule has 2 aromatic carbocycles. The number of benzene rings is 2. The van der Waals surface area contributed by atoms with E-state index in [1.165, 1.54) is 4.46 Å². The van der Waals surface area contributed by atoms with E-state index in [1.807, 2.05) is 66.9 Å². The fourth-order valence-electron chi connectivity index (χ4n) is 2.73. The molecule has 0 aliphatic heterocycles. The van der Waals surface area contributed by atoms with Gasteiger partial charge in [0.1, 0.15) is 0 Å². The molecule has 3 rings (SSSR count). The Labute approximate surface area is 170 Å². The molecule has 0 unspecified atom stereocenters. The number of hydrogen-bond acceptors (Lipinski definition) is 3. The van der Waals surface area contributed by atoms with Gasteiger partial charge in [0.2, 0.25) is 0 Å². The molecule has 0 saturated heterocycles. The SMILES string of the molecule is CC(C)c1c([Se]c2ccccc2)n(COCc2ccccc2)c(=S)[nH]c1=O. The summed E-state index contributed by atoms with van der Waals surface area (Å²) in [6.45, 7) is 4.88. The average Bonchev–Trinajstić information content (AvgIpc) is 2.65. The first-order valence-corrected chi connectivity index (χ1v) is 10.9. The molecule has 0 spiro atoms. The van der Waals surface area contributed by atoms with Gasteiger partial charge in [0.15, 0.2) is 0 Å². The van der Waals surface area contributed by atoms with E-state index in [0.717, 1.165) is 15.7 Å². The topological polar surface area (TPSA) is 47.0 Å². The molecular weight excluding hydrogens is 423 g/mol. The van der Waals surface area contributed by atoms with Crippen molar-refractivity contribution in [2.75, 3.05) is 0 Å². The standard InChI is InChI=1S/C21H22N2O2SSe/c1-15(2)18-19(24)22-21(26)23(14-25-13-16-9-5-3-6-10-16)20(18)27-17-11-7-4-8-12-17/h3-12,15H,13-14H2,1-2H3,(H,22,24,26). The number of aromatic amines is 1. The fraction of sp³-hybridized carbons (Fsp3) is 0.238. The van der Waals surface area contributed by atoms with Crippen molar-refractivity contribution in [3.05, 3.63) is 86.9 Å². The molecule has 4 nitrogen and oxygen atoms in total. The van der Waals surface area contributed by atoms with Crippen LogP contribution in [0.25, 0.3) is 0 Å². The predicted molar refractivity (Wildman–Crippen MR) is 113 cm³/mol.